The molecule has 0 aromatic rings. The summed E-state index contributed by atoms with van der Waals surface area (Å²) in [7, 11) is 0. The summed E-state index contributed by atoms with van der Waals surface area (Å²) >= 11 is 0. The second-order valence-electron chi connectivity index (χ2n) is 18.8. The van der Waals surface area contributed by atoms with Crippen LogP contribution in [0.5, 0.6) is 0 Å². The van der Waals surface area contributed by atoms with E-state index >= 15 is 0 Å². The van der Waals surface area contributed by atoms with Crippen molar-refractivity contribution in [1.82, 2.24) is 0 Å². The van der Waals surface area contributed by atoms with Gasteiger partial charge in [0.1, 0.15) is 13.2 Å². The first-order valence-corrected chi connectivity index (χ1v) is 27.8. The quantitative estimate of drug-likeness (QED) is 0.0262. The lowest BCUT2D eigenvalue weighted by Gasteiger charge is -2.18. The highest BCUT2D eigenvalue weighted by Crippen LogP contribution is 2.16. The fourth-order valence-electron chi connectivity index (χ4n) is 8.20. The van der Waals surface area contributed by atoms with Crippen LogP contribution < -0.4 is 0 Å². The van der Waals surface area contributed by atoms with Gasteiger partial charge in [0.2, 0.25) is 0 Å². The van der Waals surface area contributed by atoms with E-state index in [0.29, 0.717) is 19.3 Å². The maximum absolute atomic E-state index is 12.8. The van der Waals surface area contributed by atoms with Crippen molar-refractivity contribution in [2.45, 2.75) is 309 Å². The van der Waals surface area contributed by atoms with Gasteiger partial charge in [-0.15, -0.1) is 0 Å². The van der Waals surface area contributed by atoms with Crippen LogP contribution in [0.1, 0.15) is 303 Å². The second-order valence-corrected chi connectivity index (χ2v) is 18.8. The van der Waals surface area contributed by atoms with Gasteiger partial charge in [-0.3, -0.25) is 14.4 Å². The Morgan fingerprint density at radius 3 is 0.794 bits per heavy atom. The molecule has 0 aliphatic heterocycles. The van der Waals surface area contributed by atoms with E-state index in [2.05, 4.69) is 45.1 Å². The van der Waals surface area contributed by atoms with Gasteiger partial charge in [-0.2, -0.15) is 0 Å². The van der Waals surface area contributed by atoms with Crippen LogP contribution in [0.25, 0.3) is 0 Å². The molecule has 1 unspecified atom stereocenters. The van der Waals surface area contributed by atoms with Crippen molar-refractivity contribution in [1.29, 1.82) is 0 Å². The maximum Gasteiger partial charge on any atom is 0.306 e. The molecule has 0 aromatic heterocycles. The molecule has 0 fully saturated rings. The molecule has 370 valence electrons. The fraction of sp³-hybridized carbons (Fsp3) is 0.877. The van der Waals surface area contributed by atoms with Crippen molar-refractivity contribution in [2.75, 3.05) is 13.2 Å². The third-order valence-electron chi connectivity index (χ3n) is 12.4. The Morgan fingerprint density at radius 2 is 0.524 bits per heavy atom. The number of ether oxygens (including phenoxy) is 3. The smallest absolute Gasteiger partial charge is 0.306 e. The minimum atomic E-state index is -0.774. The van der Waals surface area contributed by atoms with Crippen molar-refractivity contribution < 1.29 is 28.6 Å². The molecule has 0 aromatic carbocycles. The second kappa shape index (κ2) is 52.5. The number of allylic oxidation sites excluding steroid dienone is 4. The first kappa shape index (κ1) is 60.9. The molecular formula is C57H106O6. The van der Waals surface area contributed by atoms with Crippen LogP contribution in [0, 0.1) is 0 Å². The van der Waals surface area contributed by atoms with Crippen molar-refractivity contribution in [3.8, 4) is 0 Å². The molecular weight excluding hydrogens is 781 g/mol. The van der Waals surface area contributed by atoms with Gasteiger partial charge in [-0.05, 0) is 70.6 Å². The monoisotopic (exact) mass is 887 g/mol. The Kier molecular flexibility index (Phi) is 50.8. The average molecular weight is 887 g/mol. The summed E-state index contributed by atoms with van der Waals surface area (Å²) in [6, 6.07) is 0. The Morgan fingerprint density at radius 1 is 0.302 bits per heavy atom. The molecule has 0 saturated carbocycles. The molecule has 0 amide bonds. The Bertz CT molecular complexity index is 1020. The normalized spacial score (nSPS) is 12.1. The Hall–Kier alpha value is -2.11. The van der Waals surface area contributed by atoms with E-state index in [9.17, 15) is 14.4 Å². The zero-order chi connectivity index (χ0) is 45.8. The summed E-state index contributed by atoms with van der Waals surface area (Å²) < 4.78 is 16.8. The predicted octanol–water partition coefficient (Wildman–Crippen LogP) is 18.3. The number of unbranched alkanes of at least 4 members (excludes halogenated alkanes) is 36. The van der Waals surface area contributed by atoms with Gasteiger partial charge in [-0.1, -0.05) is 238 Å². The van der Waals surface area contributed by atoms with Gasteiger partial charge in [0.15, 0.2) is 6.10 Å². The standard InChI is InChI=1S/C57H106O6/c1-4-7-10-13-16-19-22-25-28-31-34-37-40-43-46-49-55(58)61-52-54(63-57(60)51-48-45-42-39-36-33-30-27-24-21-18-15-12-9-6-3)53-62-56(59)50-47-44-41-38-35-32-29-26-23-20-17-14-11-8-5-2/h25,27-28,30,54H,4-24,26,29,31-53H2,1-3H3/b28-25+,30-27-. The Balaban J connectivity index is 4.36. The average Bonchev–Trinajstić information content (AvgIpc) is 3.28. The van der Waals surface area contributed by atoms with Crippen molar-refractivity contribution >= 4 is 17.9 Å². The van der Waals surface area contributed by atoms with Gasteiger partial charge in [0, 0.05) is 19.3 Å². The predicted molar refractivity (Wildman–Crippen MR) is 270 cm³/mol. The summed E-state index contributed by atoms with van der Waals surface area (Å²) in [5.74, 6) is -0.873. The van der Waals surface area contributed by atoms with Gasteiger partial charge < -0.3 is 14.2 Å². The van der Waals surface area contributed by atoms with Crippen LogP contribution in [0.4, 0.5) is 0 Å². The highest BCUT2D eigenvalue weighted by molar-refractivity contribution is 5.71. The van der Waals surface area contributed by atoms with E-state index in [1.807, 2.05) is 0 Å². The zero-order valence-corrected chi connectivity index (χ0v) is 42.4. The van der Waals surface area contributed by atoms with E-state index in [1.165, 1.54) is 193 Å². The minimum absolute atomic E-state index is 0.0730. The van der Waals surface area contributed by atoms with Crippen LogP contribution >= 0.6 is 0 Å². The van der Waals surface area contributed by atoms with Gasteiger partial charge >= 0.3 is 17.9 Å². The number of hydrogen-bond acceptors (Lipinski definition) is 6. The van der Waals surface area contributed by atoms with Crippen LogP contribution in [0.2, 0.25) is 0 Å². The molecule has 6 nitrogen and oxygen atoms in total. The first-order chi connectivity index (χ1) is 31.0. The largest absolute Gasteiger partial charge is 0.462 e. The highest BCUT2D eigenvalue weighted by atomic mass is 16.6. The molecule has 0 saturated heterocycles. The molecule has 0 aliphatic carbocycles. The molecule has 0 N–H and O–H groups in total. The van der Waals surface area contributed by atoms with E-state index in [-0.39, 0.29) is 31.1 Å². The first-order valence-electron chi connectivity index (χ1n) is 27.8. The summed E-state index contributed by atoms with van der Waals surface area (Å²) in [6.07, 6.45) is 60.2. The number of rotatable bonds is 51. The molecule has 0 heterocycles. The van der Waals surface area contributed by atoms with Crippen molar-refractivity contribution in [2.24, 2.45) is 0 Å². The van der Waals surface area contributed by atoms with E-state index in [1.54, 1.807) is 0 Å². The number of hydrogen-bond donors (Lipinski definition) is 0. The Labute approximate surface area is 392 Å². The molecule has 6 heteroatoms. The topological polar surface area (TPSA) is 78.9 Å². The summed E-state index contributed by atoms with van der Waals surface area (Å²) in [4.78, 5) is 38.1. The highest BCUT2D eigenvalue weighted by Gasteiger charge is 2.19. The number of esters is 3. The zero-order valence-electron chi connectivity index (χ0n) is 42.4. The van der Waals surface area contributed by atoms with Crippen LogP contribution in [-0.4, -0.2) is 37.2 Å². The summed E-state index contributed by atoms with van der Waals surface area (Å²) in [5, 5.41) is 0. The number of carbonyl (C=O) groups is 3. The van der Waals surface area contributed by atoms with Gasteiger partial charge in [0.05, 0.1) is 0 Å². The number of carbonyl (C=O) groups excluding carboxylic acids is 3. The van der Waals surface area contributed by atoms with Crippen LogP contribution in [0.15, 0.2) is 24.3 Å². The van der Waals surface area contributed by atoms with Gasteiger partial charge in [-0.25, -0.2) is 0 Å². The van der Waals surface area contributed by atoms with Crippen molar-refractivity contribution in [3.05, 3.63) is 24.3 Å². The molecule has 0 bridgehead atoms. The summed E-state index contributed by atoms with van der Waals surface area (Å²) in [6.45, 7) is 6.65. The third-order valence-corrected chi connectivity index (χ3v) is 12.4. The lowest BCUT2D eigenvalue weighted by molar-refractivity contribution is -0.167. The molecule has 1 atom stereocenters. The lowest BCUT2D eigenvalue weighted by Crippen LogP contribution is -2.30. The molecule has 0 radical (unpaired) electrons. The van der Waals surface area contributed by atoms with E-state index < -0.39 is 6.10 Å². The van der Waals surface area contributed by atoms with Gasteiger partial charge in [0.25, 0.3) is 0 Å². The van der Waals surface area contributed by atoms with E-state index in [4.69, 9.17) is 14.2 Å². The minimum Gasteiger partial charge on any atom is -0.462 e. The van der Waals surface area contributed by atoms with Crippen LogP contribution in [0.3, 0.4) is 0 Å². The van der Waals surface area contributed by atoms with E-state index in [0.717, 1.165) is 70.6 Å². The fourth-order valence-corrected chi connectivity index (χ4v) is 8.20. The molecule has 0 aliphatic rings. The third kappa shape index (κ3) is 50.7. The molecule has 0 rings (SSSR count). The maximum atomic E-state index is 12.8. The van der Waals surface area contributed by atoms with Crippen LogP contribution in [-0.2, 0) is 28.6 Å². The summed E-state index contributed by atoms with van der Waals surface area (Å²) in [5.41, 5.74) is 0. The molecule has 63 heavy (non-hydrogen) atoms. The lowest BCUT2D eigenvalue weighted by atomic mass is 10.0. The molecule has 0 spiro atoms. The van der Waals surface area contributed by atoms with Crippen molar-refractivity contribution in [3.63, 3.8) is 0 Å². The SMILES string of the molecule is CCCCCCCC/C=C\CCCCCCCC(=O)OC(COC(=O)CCCCCCC/C=C/CCCCCCCC)COC(=O)CCCCCCCCCCCCCCCCC.